The van der Waals surface area contributed by atoms with Gasteiger partial charge in [-0.3, -0.25) is 0 Å². The molecule has 2 heteroatoms. The Bertz CT molecular complexity index is 138. The topological polar surface area (TPSA) is 21.3 Å². The SMILES string of the molecule is CNC1CCCC(C(C)COC)C1. The van der Waals surface area contributed by atoms with Crippen LogP contribution in [-0.4, -0.2) is 26.8 Å². The third-order valence-corrected chi connectivity index (χ3v) is 3.36. The van der Waals surface area contributed by atoms with Gasteiger partial charge >= 0.3 is 0 Å². The number of hydrogen-bond acceptors (Lipinski definition) is 2. The highest BCUT2D eigenvalue weighted by molar-refractivity contribution is 4.79. The summed E-state index contributed by atoms with van der Waals surface area (Å²) in [5.74, 6) is 1.59. The zero-order valence-corrected chi connectivity index (χ0v) is 9.18. The minimum absolute atomic E-state index is 0.723. The van der Waals surface area contributed by atoms with Gasteiger partial charge in [-0.25, -0.2) is 0 Å². The maximum atomic E-state index is 5.21. The second-order valence-corrected chi connectivity index (χ2v) is 4.34. The van der Waals surface area contributed by atoms with Crippen LogP contribution in [-0.2, 0) is 4.74 Å². The molecule has 0 aromatic carbocycles. The summed E-state index contributed by atoms with van der Waals surface area (Å²) in [5, 5.41) is 3.39. The van der Waals surface area contributed by atoms with Gasteiger partial charge in [-0.05, 0) is 38.1 Å². The maximum absolute atomic E-state index is 5.21. The van der Waals surface area contributed by atoms with Crippen LogP contribution in [0.2, 0.25) is 0 Å². The Morgan fingerprint density at radius 2 is 2.23 bits per heavy atom. The minimum atomic E-state index is 0.723. The molecular formula is C11H23NO. The van der Waals surface area contributed by atoms with E-state index >= 15 is 0 Å². The van der Waals surface area contributed by atoms with Crippen molar-refractivity contribution >= 4 is 0 Å². The van der Waals surface area contributed by atoms with Gasteiger partial charge < -0.3 is 10.1 Å². The van der Waals surface area contributed by atoms with Gasteiger partial charge in [0.25, 0.3) is 0 Å². The third kappa shape index (κ3) is 3.28. The van der Waals surface area contributed by atoms with Crippen molar-refractivity contribution < 1.29 is 4.74 Å². The second kappa shape index (κ2) is 5.61. The molecule has 1 aliphatic rings. The van der Waals surface area contributed by atoms with E-state index in [1.54, 1.807) is 7.11 Å². The average Bonchev–Trinajstić information content (AvgIpc) is 2.18. The fourth-order valence-corrected chi connectivity index (χ4v) is 2.41. The van der Waals surface area contributed by atoms with Crippen molar-refractivity contribution in [2.75, 3.05) is 20.8 Å². The van der Waals surface area contributed by atoms with Gasteiger partial charge in [-0.2, -0.15) is 0 Å². The molecule has 1 saturated carbocycles. The van der Waals surface area contributed by atoms with E-state index in [1.165, 1.54) is 25.7 Å². The molecule has 0 spiro atoms. The molecule has 3 atom stereocenters. The molecule has 0 aromatic rings. The fourth-order valence-electron chi connectivity index (χ4n) is 2.41. The first-order chi connectivity index (χ1) is 6.27. The standard InChI is InChI=1S/C11H23NO/c1-9(8-13-3)10-5-4-6-11(7-10)12-2/h9-12H,4-8H2,1-3H3. The van der Waals surface area contributed by atoms with Crippen molar-refractivity contribution in [2.45, 2.75) is 38.6 Å². The van der Waals surface area contributed by atoms with Gasteiger partial charge in [0.2, 0.25) is 0 Å². The number of ether oxygens (including phenoxy) is 1. The molecule has 0 saturated heterocycles. The summed E-state index contributed by atoms with van der Waals surface area (Å²) >= 11 is 0. The smallest absolute Gasteiger partial charge is 0.0490 e. The zero-order chi connectivity index (χ0) is 9.68. The van der Waals surface area contributed by atoms with Crippen LogP contribution >= 0.6 is 0 Å². The van der Waals surface area contributed by atoms with Gasteiger partial charge in [0.05, 0.1) is 0 Å². The van der Waals surface area contributed by atoms with Gasteiger partial charge in [0, 0.05) is 19.8 Å². The molecule has 1 rings (SSSR count). The summed E-state index contributed by atoms with van der Waals surface area (Å²) in [6.45, 7) is 3.23. The summed E-state index contributed by atoms with van der Waals surface area (Å²) in [7, 11) is 3.88. The van der Waals surface area contributed by atoms with E-state index in [0.717, 1.165) is 24.5 Å². The molecule has 13 heavy (non-hydrogen) atoms. The fraction of sp³-hybridized carbons (Fsp3) is 1.00. The maximum Gasteiger partial charge on any atom is 0.0490 e. The molecule has 1 fully saturated rings. The Morgan fingerprint density at radius 1 is 1.46 bits per heavy atom. The van der Waals surface area contributed by atoms with Crippen LogP contribution in [0, 0.1) is 11.8 Å². The molecule has 0 radical (unpaired) electrons. The summed E-state index contributed by atoms with van der Waals surface area (Å²) in [5.41, 5.74) is 0. The summed E-state index contributed by atoms with van der Waals surface area (Å²) in [6.07, 6.45) is 5.46. The number of nitrogens with one attached hydrogen (secondary N) is 1. The Kier molecular flexibility index (Phi) is 4.74. The first-order valence-corrected chi connectivity index (χ1v) is 5.44. The lowest BCUT2D eigenvalue weighted by Crippen LogP contribution is -2.34. The number of methoxy groups -OCH3 is 1. The van der Waals surface area contributed by atoms with E-state index in [0.29, 0.717) is 0 Å². The van der Waals surface area contributed by atoms with Crippen LogP contribution in [0.5, 0.6) is 0 Å². The highest BCUT2D eigenvalue weighted by Gasteiger charge is 2.24. The minimum Gasteiger partial charge on any atom is -0.384 e. The molecule has 78 valence electrons. The summed E-state index contributed by atoms with van der Waals surface area (Å²) in [4.78, 5) is 0. The largest absolute Gasteiger partial charge is 0.384 e. The molecule has 1 aliphatic carbocycles. The van der Waals surface area contributed by atoms with Gasteiger partial charge in [0.1, 0.15) is 0 Å². The first kappa shape index (κ1) is 11.0. The second-order valence-electron chi connectivity index (χ2n) is 4.34. The van der Waals surface area contributed by atoms with Crippen LogP contribution < -0.4 is 5.32 Å². The van der Waals surface area contributed by atoms with Crippen molar-refractivity contribution in [1.82, 2.24) is 5.32 Å². The lowest BCUT2D eigenvalue weighted by atomic mass is 9.79. The lowest BCUT2D eigenvalue weighted by molar-refractivity contribution is 0.107. The lowest BCUT2D eigenvalue weighted by Gasteiger charge is -2.32. The highest BCUT2D eigenvalue weighted by atomic mass is 16.5. The third-order valence-electron chi connectivity index (χ3n) is 3.36. The molecule has 0 heterocycles. The average molecular weight is 185 g/mol. The van der Waals surface area contributed by atoms with Crippen LogP contribution in [0.15, 0.2) is 0 Å². The molecule has 0 bridgehead atoms. The number of rotatable bonds is 4. The van der Waals surface area contributed by atoms with E-state index in [1.807, 2.05) is 0 Å². The van der Waals surface area contributed by atoms with Crippen LogP contribution in [0.25, 0.3) is 0 Å². The van der Waals surface area contributed by atoms with E-state index in [4.69, 9.17) is 4.74 Å². The van der Waals surface area contributed by atoms with Crippen molar-refractivity contribution in [3.05, 3.63) is 0 Å². The van der Waals surface area contributed by atoms with E-state index < -0.39 is 0 Å². The molecular weight excluding hydrogens is 162 g/mol. The Hall–Kier alpha value is -0.0800. The molecule has 0 aliphatic heterocycles. The van der Waals surface area contributed by atoms with E-state index in [-0.39, 0.29) is 0 Å². The van der Waals surface area contributed by atoms with E-state index in [9.17, 15) is 0 Å². The van der Waals surface area contributed by atoms with Gasteiger partial charge in [0.15, 0.2) is 0 Å². The van der Waals surface area contributed by atoms with Gasteiger partial charge in [-0.1, -0.05) is 13.3 Å². The normalized spacial score (nSPS) is 31.6. The van der Waals surface area contributed by atoms with Gasteiger partial charge in [-0.15, -0.1) is 0 Å². The first-order valence-electron chi connectivity index (χ1n) is 5.44. The summed E-state index contributed by atoms with van der Waals surface area (Å²) in [6, 6.07) is 0.748. The zero-order valence-electron chi connectivity index (χ0n) is 9.18. The van der Waals surface area contributed by atoms with Crippen LogP contribution in [0.4, 0.5) is 0 Å². The molecule has 0 aromatic heterocycles. The molecule has 1 N–H and O–H groups in total. The Morgan fingerprint density at radius 3 is 2.85 bits per heavy atom. The predicted molar refractivity (Wildman–Crippen MR) is 55.8 cm³/mol. The van der Waals surface area contributed by atoms with Crippen molar-refractivity contribution in [2.24, 2.45) is 11.8 Å². The van der Waals surface area contributed by atoms with Crippen LogP contribution in [0.1, 0.15) is 32.6 Å². The number of hydrogen-bond donors (Lipinski definition) is 1. The van der Waals surface area contributed by atoms with Crippen molar-refractivity contribution in [3.8, 4) is 0 Å². The Balaban J connectivity index is 2.32. The van der Waals surface area contributed by atoms with E-state index in [2.05, 4.69) is 19.3 Å². The van der Waals surface area contributed by atoms with Crippen LogP contribution in [0.3, 0.4) is 0 Å². The summed E-state index contributed by atoms with van der Waals surface area (Å²) < 4.78 is 5.21. The molecule has 0 amide bonds. The molecule has 3 unspecified atom stereocenters. The predicted octanol–water partition coefficient (Wildman–Crippen LogP) is 2.05. The highest BCUT2D eigenvalue weighted by Crippen LogP contribution is 2.30. The van der Waals surface area contributed by atoms with Crippen molar-refractivity contribution in [1.29, 1.82) is 0 Å². The Labute approximate surface area is 82.0 Å². The van der Waals surface area contributed by atoms with Crippen molar-refractivity contribution in [3.63, 3.8) is 0 Å². The monoisotopic (exact) mass is 185 g/mol. The molecule has 2 nitrogen and oxygen atoms in total. The quantitative estimate of drug-likeness (QED) is 0.723.